The highest BCUT2D eigenvalue weighted by molar-refractivity contribution is 14.0. The van der Waals surface area contributed by atoms with Gasteiger partial charge in [-0.1, -0.05) is 18.9 Å². The van der Waals surface area contributed by atoms with Gasteiger partial charge in [0, 0.05) is 31.9 Å². The van der Waals surface area contributed by atoms with E-state index in [1.807, 2.05) is 42.6 Å². The third-order valence-corrected chi connectivity index (χ3v) is 4.46. The molecule has 1 aromatic carbocycles. The Bertz CT molecular complexity index is 714. The van der Waals surface area contributed by atoms with E-state index in [0.717, 1.165) is 23.0 Å². The zero-order valence-electron chi connectivity index (χ0n) is 15.8. The lowest BCUT2D eigenvalue weighted by Crippen LogP contribution is -2.41. The minimum Gasteiger partial charge on any atom is -0.497 e. The highest BCUT2D eigenvalue weighted by atomic mass is 127. The second-order valence-electron chi connectivity index (χ2n) is 6.33. The molecule has 1 aromatic heterocycles. The molecule has 0 aliphatic heterocycles. The van der Waals surface area contributed by atoms with E-state index in [2.05, 4.69) is 20.6 Å². The van der Waals surface area contributed by atoms with Crippen LogP contribution < -0.4 is 20.1 Å². The van der Waals surface area contributed by atoms with Gasteiger partial charge < -0.3 is 20.1 Å². The van der Waals surface area contributed by atoms with Gasteiger partial charge in [0.25, 0.3) is 0 Å². The van der Waals surface area contributed by atoms with Crippen molar-refractivity contribution >= 4 is 29.9 Å². The molecule has 1 aliphatic carbocycles. The van der Waals surface area contributed by atoms with Crippen LogP contribution in [-0.4, -0.2) is 31.1 Å². The summed E-state index contributed by atoms with van der Waals surface area (Å²) in [6, 6.07) is 11.8. The van der Waals surface area contributed by atoms with Crippen LogP contribution in [0.3, 0.4) is 0 Å². The van der Waals surface area contributed by atoms with Crippen LogP contribution in [0.25, 0.3) is 0 Å². The summed E-state index contributed by atoms with van der Waals surface area (Å²) >= 11 is 0. The highest BCUT2D eigenvalue weighted by Gasteiger charge is 2.15. The summed E-state index contributed by atoms with van der Waals surface area (Å²) in [5.74, 6) is 2.93. The smallest absolute Gasteiger partial charge is 0.219 e. The van der Waals surface area contributed by atoms with Crippen molar-refractivity contribution in [3.63, 3.8) is 0 Å². The number of methoxy groups -OCH3 is 1. The Balaban J connectivity index is 0.00000261. The van der Waals surface area contributed by atoms with E-state index in [4.69, 9.17) is 9.47 Å². The predicted octanol–water partition coefficient (Wildman–Crippen LogP) is 4.11. The van der Waals surface area contributed by atoms with Crippen molar-refractivity contribution in [1.29, 1.82) is 0 Å². The largest absolute Gasteiger partial charge is 0.497 e. The number of hydrogen-bond acceptors (Lipinski definition) is 4. The average molecular weight is 482 g/mol. The second-order valence-corrected chi connectivity index (χ2v) is 6.33. The SMILES string of the molecule is CN=C(NCc1ccc(Oc2ccc(OC)cc2)nc1)NC1CCCC1.I. The van der Waals surface area contributed by atoms with Crippen LogP contribution in [-0.2, 0) is 6.54 Å². The van der Waals surface area contributed by atoms with E-state index in [-0.39, 0.29) is 24.0 Å². The molecule has 1 fully saturated rings. The fourth-order valence-corrected chi connectivity index (χ4v) is 2.98. The maximum Gasteiger partial charge on any atom is 0.219 e. The van der Waals surface area contributed by atoms with Crippen molar-refractivity contribution in [1.82, 2.24) is 15.6 Å². The Kier molecular flexibility index (Phi) is 8.63. The number of hydrogen-bond donors (Lipinski definition) is 2. The predicted molar refractivity (Wildman–Crippen MR) is 118 cm³/mol. The van der Waals surface area contributed by atoms with Gasteiger partial charge in [-0.2, -0.15) is 0 Å². The molecular weight excluding hydrogens is 455 g/mol. The first-order valence-corrected chi connectivity index (χ1v) is 9.01. The lowest BCUT2D eigenvalue weighted by molar-refractivity contribution is 0.412. The molecule has 0 radical (unpaired) electrons. The molecule has 0 bridgehead atoms. The van der Waals surface area contributed by atoms with Gasteiger partial charge in [0.15, 0.2) is 5.96 Å². The standard InChI is InChI=1S/C20H26N4O2.HI/c1-21-20(24-16-5-3-4-6-16)23-14-15-7-12-19(22-13-15)26-18-10-8-17(25-2)9-11-18;/h7-13,16H,3-6,14H2,1-2H3,(H2,21,23,24);1H. The summed E-state index contributed by atoms with van der Waals surface area (Å²) < 4.78 is 10.9. The van der Waals surface area contributed by atoms with Crippen molar-refractivity contribution in [2.45, 2.75) is 38.3 Å². The first-order valence-electron chi connectivity index (χ1n) is 9.01. The molecule has 146 valence electrons. The van der Waals surface area contributed by atoms with Gasteiger partial charge in [-0.15, -0.1) is 24.0 Å². The molecule has 0 atom stereocenters. The lowest BCUT2D eigenvalue weighted by atomic mass is 10.2. The maximum atomic E-state index is 5.75. The number of aromatic nitrogens is 1. The van der Waals surface area contributed by atoms with Crippen LogP contribution in [0.5, 0.6) is 17.4 Å². The third-order valence-electron chi connectivity index (χ3n) is 4.46. The van der Waals surface area contributed by atoms with Gasteiger partial charge in [0.05, 0.1) is 7.11 Å². The fourth-order valence-electron chi connectivity index (χ4n) is 2.98. The Morgan fingerprint density at radius 3 is 2.41 bits per heavy atom. The quantitative estimate of drug-likeness (QED) is 0.369. The third kappa shape index (κ3) is 6.57. The summed E-state index contributed by atoms with van der Waals surface area (Å²) in [5.41, 5.74) is 1.07. The molecule has 2 N–H and O–H groups in total. The van der Waals surface area contributed by atoms with Crippen LogP contribution in [0, 0.1) is 0 Å². The molecule has 0 spiro atoms. The maximum absolute atomic E-state index is 5.75. The number of rotatable bonds is 6. The molecule has 6 nitrogen and oxygen atoms in total. The van der Waals surface area contributed by atoms with E-state index >= 15 is 0 Å². The van der Waals surface area contributed by atoms with Gasteiger partial charge in [-0.3, -0.25) is 4.99 Å². The molecule has 3 rings (SSSR count). The topological polar surface area (TPSA) is 67.8 Å². The zero-order chi connectivity index (χ0) is 18.2. The van der Waals surface area contributed by atoms with Crippen molar-refractivity contribution in [2.24, 2.45) is 4.99 Å². The van der Waals surface area contributed by atoms with Gasteiger partial charge in [-0.25, -0.2) is 4.98 Å². The average Bonchev–Trinajstić information content (AvgIpc) is 3.20. The number of pyridine rings is 1. The Morgan fingerprint density at radius 2 is 1.81 bits per heavy atom. The molecule has 0 saturated heterocycles. The number of guanidine groups is 1. The van der Waals surface area contributed by atoms with Crippen molar-refractivity contribution in [2.75, 3.05) is 14.2 Å². The summed E-state index contributed by atoms with van der Waals surface area (Å²) in [7, 11) is 3.44. The van der Waals surface area contributed by atoms with Crippen molar-refractivity contribution < 1.29 is 9.47 Å². The molecule has 0 unspecified atom stereocenters. The summed E-state index contributed by atoms with van der Waals surface area (Å²) in [6.45, 7) is 0.669. The lowest BCUT2D eigenvalue weighted by Gasteiger charge is -2.16. The molecule has 0 amide bonds. The highest BCUT2D eigenvalue weighted by Crippen LogP contribution is 2.22. The van der Waals surface area contributed by atoms with Crippen LogP contribution >= 0.6 is 24.0 Å². The second kappa shape index (κ2) is 11.0. The minimum atomic E-state index is 0. The Labute approximate surface area is 177 Å². The number of aliphatic imine (C=N–C) groups is 1. The van der Waals surface area contributed by atoms with Gasteiger partial charge in [0.1, 0.15) is 11.5 Å². The summed E-state index contributed by atoms with van der Waals surface area (Å²) in [5, 5.41) is 6.81. The number of halogens is 1. The Morgan fingerprint density at radius 1 is 1.11 bits per heavy atom. The van der Waals surface area contributed by atoms with E-state index in [1.54, 1.807) is 14.2 Å². The van der Waals surface area contributed by atoms with Crippen LogP contribution in [0.15, 0.2) is 47.6 Å². The first-order chi connectivity index (χ1) is 12.8. The summed E-state index contributed by atoms with van der Waals surface area (Å²) in [6.07, 6.45) is 6.86. The molecule has 2 aromatic rings. The van der Waals surface area contributed by atoms with Crippen molar-refractivity contribution in [3.05, 3.63) is 48.2 Å². The van der Waals surface area contributed by atoms with Crippen LogP contribution in [0.4, 0.5) is 0 Å². The van der Waals surface area contributed by atoms with Gasteiger partial charge >= 0.3 is 0 Å². The molecular formula is C20H27IN4O2. The fraction of sp³-hybridized carbons (Fsp3) is 0.400. The van der Waals surface area contributed by atoms with E-state index < -0.39 is 0 Å². The summed E-state index contributed by atoms with van der Waals surface area (Å²) in [4.78, 5) is 8.66. The van der Waals surface area contributed by atoms with Crippen molar-refractivity contribution in [3.8, 4) is 17.4 Å². The van der Waals surface area contributed by atoms with Gasteiger partial charge in [0.2, 0.25) is 5.88 Å². The molecule has 27 heavy (non-hydrogen) atoms. The number of nitrogens with one attached hydrogen (secondary N) is 2. The molecule has 1 heterocycles. The molecule has 1 saturated carbocycles. The number of benzene rings is 1. The van der Waals surface area contributed by atoms with E-state index in [0.29, 0.717) is 18.5 Å². The van der Waals surface area contributed by atoms with E-state index in [1.165, 1.54) is 25.7 Å². The molecule has 1 aliphatic rings. The number of nitrogens with zero attached hydrogens (tertiary/aromatic N) is 2. The zero-order valence-corrected chi connectivity index (χ0v) is 18.1. The van der Waals surface area contributed by atoms with Crippen LogP contribution in [0.1, 0.15) is 31.2 Å². The first kappa shape index (κ1) is 21.3. The van der Waals surface area contributed by atoms with E-state index in [9.17, 15) is 0 Å². The van der Waals surface area contributed by atoms with Gasteiger partial charge in [-0.05, 0) is 42.7 Å². The number of ether oxygens (including phenoxy) is 2. The molecule has 7 heteroatoms. The minimum absolute atomic E-state index is 0. The Hall–Kier alpha value is -2.03. The van der Waals surface area contributed by atoms with Crippen LogP contribution in [0.2, 0.25) is 0 Å². The normalized spacial score (nSPS) is 14.4. The monoisotopic (exact) mass is 482 g/mol.